The standard InChI is InChI=1S/C9H6FNO2S/c10-6-3-4-1-2-5(11)7(9(12)13)8(4)14-6/h1-3H,11H2,(H,12,13). The zero-order chi connectivity index (χ0) is 10.3. The van der Waals surface area contributed by atoms with Gasteiger partial charge in [-0.05, 0) is 17.5 Å². The highest BCUT2D eigenvalue weighted by atomic mass is 32.1. The minimum absolute atomic E-state index is 0.0172. The molecule has 2 rings (SSSR count). The molecule has 1 heterocycles. The number of thiophene rings is 1. The fourth-order valence-corrected chi connectivity index (χ4v) is 2.24. The first-order chi connectivity index (χ1) is 6.59. The summed E-state index contributed by atoms with van der Waals surface area (Å²) in [5.41, 5.74) is 5.64. The van der Waals surface area contributed by atoms with Crippen LogP contribution in [0.1, 0.15) is 10.4 Å². The number of carboxylic acids is 1. The van der Waals surface area contributed by atoms with E-state index in [0.29, 0.717) is 10.1 Å². The number of halogens is 1. The quantitative estimate of drug-likeness (QED) is 0.711. The van der Waals surface area contributed by atoms with Crippen LogP contribution in [-0.2, 0) is 0 Å². The lowest BCUT2D eigenvalue weighted by atomic mass is 10.1. The molecule has 2 aromatic rings. The Hall–Kier alpha value is -1.62. The van der Waals surface area contributed by atoms with Crippen LogP contribution in [0, 0.1) is 5.13 Å². The van der Waals surface area contributed by atoms with Gasteiger partial charge < -0.3 is 10.8 Å². The highest BCUT2D eigenvalue weighted by Crippen LogP contribution is 2.31. The summed E-state index contributed by atoms with van der Waals surface area (Å²) in [4.78, 5) is 10.8. The predicted molar refractivity (Wildman–Crippen MR) is 53.2 cm³/mol. The fraction of sp³-hybridized carbons (Fsp3) is 0. The normalized spacial score (nSPS) is 10.6. The van der Waals surface area contributed by atoms with Gasteiger partial charge in [0.15, 0.2) is 5.13 Å². The maximum Gasteiger partial charge on any atom is 0.339 e. The molecule has 0 aliphatic carbocycles. The summed E-state index contributed by atoms with van der Waals surface area (Å²) in [7, 11) is 0. The van der Waals surface area contributed by atoms with Gasteiger partial charge in [-0.3, -0.25) is 0 Å². The summed E-state index contributed by atoms with van der Waals surface area (Å²) < 4.78 is 13.3. The second kappa shape index (κ2) is 2.95. The Labute approximate surface area is 82.6 Å². The molecule has 1 aromatic carbocycles. The maximum absolute atomic E-state index is 12.9. The molecule has 3 N–H and O–H groups in total. The lowest BCUT2D eigenvalue weighted by Gasteiger charge is -2.00. The van der Waals surface area contributed by atoms with E-state index in [1.165, 1.54) is 12.1 Å². The first-order valence-corrected chi connectivity index (χ1v) is 4.62. The molecular formula is C9H6FNO2S. The number of anilines is 1. The molecule has 0 atom stereocenters. The van der Waals surface area contributed by atoms with Crippen LogP contribution >= 0.6 is 11.3 Å². The van der Waals surface area contributed by atoms with Crippen molar-refractivity contribution in [2.75, 3.05) is 5.73 Å². The van der Waals surface area contributed by atoms with E-state index in [1.54, 1.807) is 6.07 Å². The lowest BCUT2D eigenvalue weighted by molar-refractivity contribution is 0.0700. The molecule has 0 aliphatic rings. The molecule has 0 saturated carbocycles. The molecule has 0 radical (unpaired) electrons. The first-order valence-electron chi connectivity index (χ1n) is 3.80. The van der Waals surface area contributed by atoms with Crippen LogP contribution in [-0.4, -0.2) is 11.1 Å². The van der Waals surface area contributed by atoms with Crippen molar-refractivity contribution < 1.29 is 14.3 Å². The Morgan fingerprint density at radius 2 is 2.21 bits per heavy atom. The molecule has 0 spiro atoms. The largest absolute Gasteiger partial charge is 0.478 e. The van der Waals surface area contributed by atoms with Gasteiger partial charge in [-0.1, -0.05) is 6.07 Å². The van der Waals surface area contributed by atoms with Gasteiger partial charge in [0, 0.05) is 5.69 Å². The van der Waals surface area contributed by atoms with Crippen molar-refractivity contribution in [3.63, 3.8) is 0 Å². The third-order valence-corrected chi connectivity index (χ3v) is 2.86. The number of nitrogens with two attached hydrogens (primary N) is 1. The lowest BCUT2D eigenvalue weighted by Crippen LogP contribution is -2.01. The van der Waals surface area contributed by atoms with Crippen molar-refractivity contribution in [2.45, 2.75) is 0 Å². The molecule has 0 bridgehead atoms. The van der Waals surface area contributed by atoms with Crippen molar-refractivity contribution in [3.8, 4) is 0 Å². The Balaban J connectivity index is 2.88. The van der Waals surface area contributed by atoms with Gasteiger partial charge >= 0.3 is 5.97 Å². The van der Waals surface area contributed by atoms with E-state index in [4.69, 9.17) is 10.8 Å². The molecule has 72 valence electrons. The number of nitrogen functional groups attached to an aromatic ring is 1. The van der Waals surface area contributed by atoms with Gasteiger partial charge in [-0.25, -0.2) is 4.79 Å². The van der Waals surface area contributed by atoms with E-state index in [-0.39, 0.29) is 11.3 Å². The van der Waals surface area contributed by atoms with Gasteiger partial charge in [-0.15, -0.1) is 11.3 Å². The Morgan fingerprint density at radius 3 is 2.86 bits per heavy atom. The number of aromatic carboxylic acids is 1. The smallest absolute Gasteiger partial charge is 0.339 e. The summed E-state index contributed by atoms with van der Waals surface area (Å²) in [5.74, 6) is -1.13. The SMILES string of the molecule is Nc1ccc2cc(F)sc2c1C(=O)O. The number of hydrogen-bond donors (Lipinski definition) is 2. The van der Waals surface area contributed by atoms with E-state index in [0.717, 1.165) is 11.3 Å². The maximum atomic E-state index is 12.9. The van der Waals surface area contributed by atoms with Crippen molar-refractivity contribution >= 4 is 33.1 Å². The van der Waals surface area contributed by atoms with Crippen LogP contribution in [0.25, 0.3) is 10.1 Å². The molecule has 3 nitrogen and oxygen atoms in total. The second-order valence-electron chi connectivity index (χ2n) is 2.80. The molecule has 0 aliphatic heterocycles. The van der Waals surface area contributed by atoms with Gasteiger partial charge in [0.2, 0.25) is 0 Å². The van der Waals surface area contributed by atoms with Crippen molar-refractivity contribution in [1.82, 2.24) is 0 Å². The monoisotopic (exact) mass is 211 g/mol. The van der Waals surface area contributed by atoms with E-state index in [9.17, 15) is 9.18 Å². The minimum Gasteiger partial charge on any atom is -0.478 e. The number of rotatable bonds is 1. The van der Waals surface area contributed by atoms with Gasteiger partial charge in [0.1, 0.15) is 5.56 Å². The summed E-state index contributed by atoms with van der Waals surface area (Å²) in [6, 6.07) is 4.38. The number of fused-ring (bicyclic) bond motifs is 1. The number of carboxylic acid groups (broad SMARTS) is 1. The van der Waals surface area contributed by atoms with Crippen molar-refractivity contribution in [3.05, 3.63) is 28.9 Å². The number of carbonyl (C=O) groups is 1. The second-order valence-corrected chi connectivity index (χ2v) is 3.81. The van der Waals surface area contributed by atoms with Crippen LogP contribution in [0.3, 0.4) is 0 Å². The predicted octanol–water partition coefficient (Wildman–Crippen LogP) is 2.32. The summed E-state index contributed by atoms with van der Waals surface area (Å²) in [6.07, 6.45) is 0. The summed E-state index contributed by atoms with van der Waals surface area (Å²) in [5, 5.41) is 9.04. The third-order valence-electron chi connectivity index (χ3n) is 1.90. The summed E-state index contributed by atoms with van der Waals surface area (Å²) >= 11 is 0.794. The topological polar surface area (TPSA) is 63.3 Å². The van der Waals surface area contributed by atoms with E-state index < -0.39 is 11.1 Å². The Morgan fingerprint density at radius 1 is 1.50 bits per heavy atom. The average molecular weight is 211 g/mol. The molecular weight excluding hydrogens is 205 g/mol. The number of hydrogen-bond acceptors (Lipinski definition) is 3. The molecule has 0 amide bonds. The van der Waals surface area contributed by atoms with Gasteiger partial charge in [0.25, 0.3) is 0 Å². The van der Waals surface area contributed by atoms with E-state index in [2.05, 4.69) is 0 Å². The number of benzene rings is 1. The van der Waals surface area contributed by atoms with Crippen LogP contribution in [0.15, 0.2) is 18.2 Å². The minimum atomic E-state index is -1.13. The van der Waals surface area contributed by atoms with Crippen molar-refractivity contribution in [2.24, 2.45) is 0 Å². The van der Waals surface area contributed by atoms with E-state index in [1.807, 2.05) is 0 Å². The van der Waals surface area contributed by atoms with Crippen LogP contribution in [0.2, 0.25) is 0 Å². The van der Waals surface area contributed by atoms with Crippen LogP contribution in [0.4, 0.5) is 10.1 Å². The Bertz CT molecular complexity index is 521. The zero-order valence-electron chi connectivity index (χ0n) is 6.95. The molecule has 14 heavy (non-hydrogen) atoms. The Kier molecular flexibility index (Phi) is 1.89. The van der Waals surface area contributed by atoms with Gasteiger partial charge in [0.05, 0.1) is 4.70 Å². The highest BCUT2D eigenvalue weighted by Gasteiger charge is 2.15. The third kappa shape index (κ3) is 1.22. The van der Waals surface area contributed by atoms with Crippen LogP contribution in [0.5, 0.6) is 0 Å². The fourth-order valence-electron chi connectivity index (χ4n) is 1.31. The van der Waals surface area contributed by atoms with Crippen LogP contribution < -0.4 is 5.73 Å². The molecule has 0 saturated heterocycles. The van der Waals surface area contributed by atoms with Crippen molar-refractivity contribution in [1.29, 1.82) is 0 Å². The molecule has 0 fully saturated rings. The van der Waals surface area contributed by atoms with Gasteiger partial charge in [-0.2, -0.15) is 4.39 Å². The highest BCUT2D eigenvalue weighted by molar-refractivity contribution is 7.18. The van der Waals surface area contributed by atoms with E-state index >= 15 is 0 Å². The summed E-state index contributed by atoms with van der Waals surface area (Å²) in [6.45, 7) is 0. The zero-order valence-corrected chi connectivity index (χ0v) is 7.77. The molecule has 5 heteroatoms. The molecule has 1 aromatic heterocycles. The average Bonchev–Trinajstić information content (AvgIpc) is 2.43. The first kappa shape index (κ1) is 8.96. The molecule has 0 unspecified atom stereocenters.